The molecule has 0 aliphatic carbocycles. The van der Waals surface area contributed by atoms with Crippen LogP contribution in [0.2, 0.25) is 0 Å². The largest absolute Gasteiger partial charge is 0.364 e. The van der Waals surface area contributed by atoms with Crippen LogP contribution in [0.5, 0.6) is 0 Å². The Kier molecular flexibility index (Phi) is 8.46. The summed E-state index contributed by atoms with van der Waals surface area (Å²) in [5, 5.41) is 2.43. The van der Waals surface area contributed by atoms with Crippen molar-refractivity contribution in [1.82, 2.24) is 10.1 Å². The van der Waals surface area contributed by atoms with Gasteiger partial charge < -0.3 is 4.84 Å². The molecule has 7 nitrogen and oxygen atoms in total. The van der Waals surface area contributed by atoms with Gasteiger partial charge in [0, 0.05) is 24.3 Å². The highest BCUT2D eigenvalue weighted by molar-refractivity contribution is 6.01. The average Bonchev–Trinajstić information content (AvgIpc) is 3.13. The molecule has 0 spiro atoms. The molecule has 1 saturated heterocycles. The van der Waals surface area contributed by atoms with Crippen molar-refractivity contribution < 1.29 is 24.1 Å². The number of hydroxylamine groups is 4. The lowest BCUT2D eigenvalue weighted by molar-refractivity contribution is -0.283. The van der Waals surface area contributed by atoms with E-state index in [1.165, 1.54) is 0 Å². The van der Waals surface area contributed by atoms with Gasteiger partial charge in [-0.25, -0.2) is 4.79 Å². The van der Waals surface area contributed by atoms with E-state index in [-0.39, 0.29) is 24.8 Å². The summed E-state index contributed by atoms with van der Waals surface area (Å²) in [6.07, 6.45) is -1.03. The fraction of sp³-hybridized carbons (Fsp3) is 0.464. The number of amides is 2. The van der Waals surface area contributed by atoms with Crippen molar-refractivity contribution >= 4 is 17.8 Å². The summed E-state index contributed by atoms with van der Waals surface area (Å²) in [5.41, 5.74) is 1.45. The van der Waals surface area contributed by atoms with E-state index in [9.17, 15) is 14.4 Å². The van der Waals surface area contributed by atoms with Crippen molar-refractivity contribution in [3.63, 3.8) is 0 Å². The molecular weight excluding hydrogens is 444 g/mol. The second kappa shape index (κ2) is 11.1. The second-order valence-corrected chi connectivity index (χ2v) is 10.3. The summed E-state index contributed by atoms with van der Waals surface area (Å²) in [6.45, 7) is 12.2. The number of rotatable bonds is 9. The fourth-order valence-electron chi connectivity index (χ4n) is 4.27. The third kappa shape index (κ3) is 6.35. The predicted molar refractivity (Wildman–Crippen MR) is 133 cm³/mol. The lowest BCUT2D eigenvalue weighted by atomic mass is 9.92. The van der Waals surface area contributed by atoms with E-state index in [2.05, 4.69) is 13.8 Å². The molecule has 2 aromatic carbocycles. The number of benzene rings is 2. The lowest BCUT2D eigenvalue weighted by Crippen LogP contribution is -2.51. The third-order valence-electron chi connectivity index (χ3n) is 6.11. The van der Waals surface area contributed by atoms with Gasteiger partial charge in [0.2, 0.25) is 0 Å². The molecule has 2 aromatic rings. The summed E-state index contributed by atoms with van der Waals surface area (Å²) < 4.78 is 0. The highest BCUT2D eigenvalue weighted by Gasteiger charge is 2.42. The van der Waals surface area contributed by atoms with Gasteiger partial charge in [0.05, 0.1) is 6.04 Å². The Labute approximate surface area is 207 Å². The first kappa shape index (κ1) is 26.6. The van der Waals surface area contributed by atoms with E-state index in [0.717, 1.165) is 11.1 Å². The van der Waals surface area contributed by atoms with Crippen LogP contribution >= 0.6 is 0 Å². The summed E-state index contributed by atoms with van der Waals surface area (Å²) >= 11 is 0. The number of carbonyl (C=O) groups excluding carboxylic acids is 3. The molecular formula is C28H36N2O5. The number of hydrogen-bond donors (Lipinski definition) is 0. The molecule has 0 saturated carbocycles. The highest BCUT2D eigenvalue weighted by atomic mass is 16.8. The van der Waals surface area contributed by atoms with Crippen LogP contribution < -0.4 is 0 Å². The number of nitrogens with zero attached hydrogens (tertiary/aromatic N) is 2. The minimum Gasteiger partial charge on any atom is -0.327 e. The molecule has 7 heteroatoms. The molecule has 1 aliphatic rings. The van der Waals surface area contributed by atoms with Gasteiger partial charge in [0.1, 0.15) is 0 Å². The Morgan fingerprint density at radius 2 is 1.34 bits per heavy atom. The summed E-state index contributed by atoms with van der Waals surface area (Å²) in [6, 6.07) is 19.4. The van der Waals surface area contributed by atoms with Crippen molar-refractivity contribution in [1.29, 1.82) is 0 Å². The number of carbonyl (C=O) groups is 3. The molecule has 0 N–H and O–H groups in total. The van der Waals surface area contributed by atoms with Gasteiger partial charge in [-0.05, 0) is 37.8 Å². The maximum absolute atomic E-state index is 13.5. The van der Waals surface area contributed by atoms with Crippen LogP contribution in [-0.2, 0) is 24.1 Å². The Bertz CT molecular complexity index is 1000. The maximum atomic E-state index is 13.5. The molecule has 0 radical (unpaired) electrons. The van der Waals surface area contributed by atoms with Crippen molar-refractivity contribution in [2.75, 3.05) is 0 Å². The maximum Gasteiger partial charge on any atom is 0.364 e. The van der Waals surface area contributed by atoms with Crippen molar-refractivity contribution in [3.8, 4) is 0 Å². The van der Waals surface area contributed by atoms with E-state index in [1.807, 2.05) is 93.4 Å². The first-order chi connectivity index (χ1) is 16.5. The Morgan fingerprint density at radius 1 is 0.857 bits per heavy atom. The summed E-state index contributed by atoms with van der Waals surface area (Å²) in [7, 11) is 0. The molecule has 3 unspecified atom stereocenters. The van der Waals surface area contributed by atoms with Gasteiger partial charge in [-0.1, -0.05) is 81.4 Å². The van der Waals surface area contributed by atoms with E-state index < -0.39 is 35.3 Å². The van der Waals surface area contributed by atoms with Gasteiger partial charge in [0.15, 0.2) is 6.10 Å². The number of imide groups is 1. The fourth-order valence-corrected chi connectivity index (χ4v) is 4.27. The molecule has 3 rings (SSSR count). The Morgan fingerprint density at radius 3 is 1.80 bits per heavy atom. The van der Waals surface area contributed by atoms with Gasteiger partial charge in [-0.2, -0.15) is 5.06 Å². The SMILES string of the molecule is CC(C)C(c1ccccc1)N(OC(C(=O)ON1C(=O)CCC1=O)C(C)c1ccccc1)C(C)(C)C. The van der Waals surface area contributed by atoms with E-state index in [4.69, 9.17) is 9.68 Å². The molecule has 1 aliphatic heterocycles. The van der Waals surface area contributed by atoms with Crippen molar-refractivity contribution in [2.45, 2.75) is 78.0 Å². The standard InChI is InChI=1S/C28H36N2O5/c1-19(2)25(22-15-11-8-12-16-22)30(28(4,5)6)34-26(20(3)21-13-9-7-10-14-21)27(33)35-29-23(31)17-18-24(29)32/h7-16,19-20,25-26H,17-18H2,1-6H3. The molecule has 2 amide bonds. The zero-order chi connectivity index (χ0) is 25.8. The Hall–Kier alpha value is -3.03. The Balaban J connectivity index is 2.00. The quantitative estimate of drug-likeness (QED) is 0.363. The second-order valence-electron chi connectivity index (χ2n) is 10.3. The van der Waals surface area contributed by atoms with Crippen LogP contribution in [0.25, 0.3) is 0 Å². The first-order valence-electron chi connectivity index (χ1n) is 12.1. The van der Waals surface area contributed by atoms with Gasteiger partial charge in [-0.3, -0.25) is 14.4 Å². The van der Waals surface area contributed by atoms with E-state index in [1.54, 1.807) is 0 Å². The van der Waals surface area contributed by atoms with Crippen LogP contribution in [0.3, 0.4) is 0 Å². The van der Waals surface area contributed by atoms with Crippen molar-refractivity contribution in [3.05, 3.63) is 71.8 Å². The van der Waals surface area contributed by atoms with Gasteiger partial charge in [-0.15, -0.1) is 5.06 Å². The van der Waals surface area contributed by atoms with Crippen LogP contribution in [0.4, 0.5) is 0 Å². The normalized spacial score (nSPS) is 17.1. The zero-order valence-corrected chi connectivity index (χ0v) is 21.4. The molecule has 0 aromatic heterocycles. The monoisotopic (exact) mass is 480 g/mol. The molecule has 1 fully saturated rings. The molecule has 188 valence electrons. The lowest BCUT2D eigenvalue weighted by Gasteiger charge is -2.44. The van der Waals surface area contributed by atoms with Crippen LogP contribution in [0, 0.1) is 5.92 Å². The average molecular weight is 481 g/mol. The first-order valence-corrected chi connectivity index (χ1v) is 12.1. The summed E-state index contributed by atoms with van der Waals surface area (Å²) in [4.78, 5) is 49.6. The minimum atomic E-state index is -1.09. The highest BCUT2D eigenvalue weighted by Crippen LogP contribution is 2.37. The topological polar surface area (TPSA) is 76.2 Å². The molecule has 0 bridgehead atoms. The smallest absolute Gasteiger partial charge is 0.327 e. The molecule has 1 heterocycles. The van der Waals surface area contributed by atoms with Gasteiger partial charge >= 0.3 is 5.97 Å². The van der Waals surface area contributed by atoms with E-state index >= 15 is 0 Å². The van der Waals surface area contributed by atoms with Crippen LogP contribution in [0.1, 0.15) is 77.5 Å². The molecule has 35 heavy (non-hydrogen) atoms. The van der Waals surface area contributed by atoms with Crippen LogP contribution in [-0.4, -0.2) is 39.6 Å². The van der Waals surface area contributed by atoms with Crippen LogP contribution in [0.15, 0.2) is 60.7 Å². The van der Waals surface area contributed by atoms with Gasteiger partial charge in [0.25, 0.3) is 11.8 Å². The predicted octanol–water partition coefficient (Wildman–Crippen LogP) is 5.20. The van der Waals surface area contributed by atoms with E-state index in [0.29, 0.717) is 5.06 Å². The zero-order valence-electron chi connectivity index (χ0n) is 21.4. The third-order valence-corrected chi connectivity index (χ3v) is 6.11. The minimum absolute atomic E-state index is 0.0312. The summed E-state index contributed by atoms with van der Waals surface area (Å²) in [5.74, 6) is -2.08. The molecule has 3 atom stereocenters. The number of hydrogen-bond acceptors (Lipinski definition) is 6. The van der Waals surface area contributed by atoms with Crippen molar-refractivity contribution in [2.24, 2.45) is 5.92 Å².